The fourth-order valence-corrected chi connectivity index (χ4v) is 1.23. The number of hydrogen-bond donors (Lipinski definition) is 1. The molecule has 0 aliphatic heterocycles. The van der Waals surface area contributed by atoms with Crippen molar-refractivity contribution in [1.82, 2.24) is 15.0 Å². The number of hydrogen-bond acceptors (Lipinski definition) is 7. The Morgan fingerprint density at radius 3 is 2.20 bits per heavy atom. The van der Waals surface area contributed by atoms with Gasteiger partial charge in [-0.2, -0.15) is 9.97 Å². The van der Waals surface area contributed by atoms with Crippen molar-refractivity contribution in [1.29, 1.82) is 0 Å². The zero-order valence-corrected chi connectivity index (χ0v) is 8.95. The van der Waals surface area contributed by atoms with Gasteiger partial charge in [0, 0.05) is 0 Å². The molecule has 0 radical (unpaired) electrons. The van der Waals surface area contributed by atoms with E-state index >= 15 is 0 Å². The van der Waals surface area contributed by atoms with Crippen molar-refractivity contribution in [3.05, 3.63) is 0 Å². The number of nitrogens with zero attached hydrogens (tertiary/aromatic N) is 3. The highest BCUT2D eigenvalue weighted by Crippen LogP contribution is 2.17. The van der Waals surface area contributed by atoms with E-state index in [4.69, 9.17) is 14.6 Å². The standard InChI is InChI=1S/C7H9N3O4S/c1-13-5-8-6(14-2)10-7(9-5)15-3-4(11)12/h3H2,1-2H3,(H,11,12). The quantitative estimate of drug-likeness (QED) is 0.711. The molecule has 0 atom stereocenters. The van der Waals surface area contributed by atoms with Crippen molar-refractivity contribution < 1.29 is 19.4 Å². The second-order valence-electron chi connectivity index (χ2n) is 2.27. The topological polar surface area (TPSA) is 94.4 Å². The number of carboxylic acid groups (broad SMARTS) is 1. The van der Waals surface area contributed by atoms with Crippen LogP contribution in [-0.2, 0) is 4.79 Å². The summed E-state index contributed by atoms with van der Waals surface area (Å²) in [7, 11) is 2.81. The van der Waals surface area contributed by atoms with Gasteiger partial charge < -0.3 is 14.6 Å². The number of ether oxygens (including phenoxy) is 2. The van der Waals surface area contributed by atoms with Crippen LogP contribution in [0.3, 0.4) is 0 Å². The Bertz CT molecular complexity index is 338. The molecule has 0 unspecified atom stereocenters. The molecule has 0 saturated carbocycles. The van der Waals surface area contributed by atoms with Crippen LogP contribution in [0.1, 0.15) is 0 Å². The molecule has 15 heavy (non-hydrogen) atoms. The highest BCUT2D eigenvalue weighted by molar-refractivity contribution is 7.99. The fraction of sp³-hybridized carbons (Fsp3) is 0.429. The van der Waals surface area contributed by atoms with E-state index in [1.165, 1.54) is 14.2 Å². The second kappa shape index (κ2) is 5.35. The van der Waals surface area contributed by atoms with Crippen LogP contribution < -0.4 is 9.47 Å². The van der Waals surface area contributed by atoms with Crippen molar-refractivity contribution in [3.8, 4) is 12.0 Å². The monoisotopic (exact) mass is 231 g/mol. The number of thioether (sulfide) groups is 1. The first kappa shape index (κ1) is 11.5. The van der Waals surface area contributed by atoms with E-state index in [1.807, 2.05) is 0 Å². The van der Waals surface area contributed by atoms with Crippen LogP contribution in [-0.4, -0.2) is 46.0 Å². The van der Waals surface area contributed by atoms with Gasteiger partial charge in [-0.25, -0.2) is 0 Å². The van der Waals surface area contributed by atoms with Gasteiger partial charge in [-0.05, 0) is 0 Å². The number of aliphatic carboxylic acids is 1. The van der Waals surface area contributed by atoms with E-state index in [0.29, 0.717) is 0 Å². The van der Waals surface area contributed by atoms with Crippen LogP contribution >= 0.6 is 11.8 Å². The van der Waals surface area contributed by atoms with Crippen molar-refractivity contribution >= 4 is 17.7 Å². The molecule has 1 N–H and O–H groups in total. The van der Waals surface area contributed by atoms with Crippen LogP contribution in [0.4, 0.5) is 0 Å². The van der Waals surface area contributed by atoms with E-state index in [9.17, 15) is 4.79 Å². The lowest BCUT2D eigenvalue weighted by atomic mass is 10.8. The SMILES string of the molecule is COc1nc(OC)nc(SCC(=O)O)n1. The predicted molar refractivity (Wildman–Crippen MR) is 51.3 cm³/mol. The Labute approximate surface area is 89.9 Å². The molecule has 0 saturated heterocycles. The van der Waals surface area contributed by atoms with E-state index in [0.717, 1.165) is 11.8 Å². The average molecular weight is 231 g/mol. The van der Waals surface area contributed by atoms with Crippen LogP contribution in [0, 0.1) is 0 Å². The van der Waals surface area contributed by atoms with Gasteiger partial charge in [0.25, 0.3) is 0 Å². The Balaban J connectivity index is 2.81. The maximum atomic E-state index is 10.3. The molecule has 1 heterocycles. The van der Waals surface area contributed by atoms with Crippen LogP contribution in [0.25, 0.3) is 0 Å². The molecule has 7 nitrogen and oxygen atoms in total. The third-order valence-corrected chi connectivity index (χ3v) is 2.10. The molecule has 0 aromatic carbocycles. The van der Waals surface area contributed by atoms with Gasteiger partial charge in [0.1, 0.15) is 0 Å². The summed E-state index contributed by atoms with van der Waals surface area (Å²) >= 11 is 0.966. The van der Waals surface area contributed by atoms with Gasteiger partial charge in [-0.1, -0.05) is 11.8 Å². The van der Waals surface area contributed by atoms with E-state index in [1.54, 1.807) is 0 Å². The minimum atomic E-state index is -0.946. The Morgan fingerprint density at radius 2 is 1.80 bits per heavy atom. The van der Waals surface area contributed by atoms with E-state index in [2.05, 4.69) is 15.0 Å². The maximum Gasteiger partial charge on any atom is 0.323 e. The Hall–Kier alpha value is -1.57. The molecule has 0 aliphatic rings. The van der Waals surface area contributed by atoms with Crippen molar-refractivity contribution in [2.75, 3.05) is 20.0 Å². The van der Waals surface area contributed by atoms with Crippen molar-refractivity contribution in [3.63, 3.8) is 0 Å². The number of aromatic nitrogens is 3. The zero-order chi connectivity index (χ0) is 11.3. The highest BCUT2D eigenvalue weighted by atomic mass is 32.2. The third kappa shape index (κ3) is 3.58. The van der Waals surface area contributed by atoms with Gasteiger partial charge in [-0.3, -0.25) is 4.79 Å². The first-order valence-corrected chi connectivity index (χ1v) is 4.83. The number of rotatable bonds is 5. The molecule has 0 amide bonds. The molecule has 0 spiro atoms. The summed E-state index contributed by atoms with van der Waals surface area (Å²) in [5, 5.41) is 8.72. The Morgan fingerprint density at radius 1 is 1.27 bits per heavy atom. The number of methoxy groups -OCH3 is 2. The minimum Gasteiger partial charge on any atom is -0.481 e. The average Bonchev–Trinajstić information content (AvgIpc) is 2.25. The largest absolute Gasteiger partial charge is 0.481 e. The first-order chi connectivity index (χ1) is 7.15. The van der Waals surface area contributed by atoms with Gasteiger partial charge in [-0.15, -0.1) is 4.98 Å². The van der Waals surface area contributed by atoms with Crippen molar-refractivity contribution in [2.45, 2.75) is 5.16 Å². The smallest absolute Gasteiger partial charge is 0.323 e. The van der Waals surface area contributed by atoms with Gasteiger partial charge >= 0.3 is 18.0 Å². The lowest BCUT2D eigenvalue weighted by Gasteiger charge is -2.03. The summed E-state index contributed by atoms with van der Waals surface area (Å²) < 4.78 is 9.60. The Kier molecular flexibility index (Phi) is 4.10. The molecular weight excluding hydrogens is 222 g/mol. The highest BCUT2D eigenvalue weighted by Gasteiger charge is 2.08. The number of carboxylic acids is 1. The molecule has 1 rings (SSSR count). The minimum absolute atomic E-state index is 0.0924. The summed E-state index contributed by atoms with van der Waals surface area (Å²) in [4.78, 5) is 21.8. The molecule has 8 heteroatoms. The lowest BCUT2D eigenvalue weighted by molar-refractivity contribution is -0.133. The van der Waals surface area contributed by atoms with Crippen LogP contribution in [0.5, 0.6) is 12.0 Å². The van der Waals surface area contributed by atoms with Gasteiger partial charge in [0.15, 0.2) is 5.16 Å². The molecule has 0 aliphatic carbocycles. The summed E-state index contributed by atoms with van der Waals surface area (Å²) in [5.74, 6) is -1.07. The molecule has 0 fully saturated rings. The zero-order valence-electron chi connectivity index (χ0n) is 8.13. The van der Waals surface area contributed by atoms with E-state index in [-0.39, 0.29) is 22.9 Å². The van der Waals surface area contributed by atoms with Gasteiger partial charge in [0.05, 0.1) is 20.0 Å². The summed E-state index contributed by atoms with van der Waals surface area (Å²) in [6.07, 6.45) is 0. The lowest BCUT2D eigenvalue weighted by Crippen LogP contribution is -2.03. The molecule has 1 aromatic rings. The number of carbonyl (C=O) groups is 1. The summed E-state index contributed by atoms with van der Waals surface area (Å²) in [6.45, 7) is 0. The van der Waals surface area contributed by atoms with Crippen molar-refractivity contribution in [2.24, 2.45) is 0 Å². The molecular formula is C7H9N3O4S. The molecule has 1 aromatic heterocycles. The van der Waals surface area contributed by atoms with Crippen LogP contribution in [0.2, 0.25) is 0 Å². The predicted octanol–water partition coefficient (Wildman–Crippen LogP) is 0.0655. The fourth-order valence-electron chi connectivity index (χ4n) is 0.694. The molecule has 0 bridgehead atoms. The third-order valence-electron chi connectivity index (χ3n) is 1.26. The molecule has 82 valence electrons. The van der Waals surface area contributed by atoms with Gasteiger partial charge in [0.2, 0.25) is 0 Å². The first-order valence-electron chi connectivity index (χ1n) is 3.84. The summed E-state index contributed by atoms with van der Waals surface area (Å²) in [6, 6.07) is 0.185. The summed E-state index contributed by atoms with van der Waals surface area (Å²) in [5.41, 5.74) is 0. The normalized spacial score (nSPS) is 9.73. The maximum absolute atomic E-state index is 10.3. The van der Waals surface area contributed by atoms with Crippen LogP contribution in [0.15, 0.2) is 5.16 Å². The second-order valence-corrected chi connectivity index (χ2v) is 3.22. The van der Waals surface area contributed by atoms with E-state index < -0.39 is 5.97 Å².